The van der Waals surface area contributed by atoms with E-state index < -0.39 is 0 Å². The molecule has 0 aromatic rings. The van der Waals surface area contributed by atoms with Gasteiger partial charge in [-0.05, 0) is 86.6 Å². The molecule has 0 radical (unpaired) electrons. The van der Waals surface area contributed by atoms with Gasteiger partial charge in [-0.25, -0.2) is 0 Å². The van der Waals surface area contributed by atoms with E-state index in [0.29, 0.717) is 10.8 Å². The molecule has 0 unspecified atom stereocenters. The second kappa shape index (κ2) is 181. The summed E-state index contributed by atoms with van der Waals surface area (Å²) in [5.41, 5.74) is 0.998. The van der Waals surface area contributed by atoms with Crippen molar-refractivity contribution in [2.75, 3.05) is 76.1 Å². The molecule has 58 heavy (non-hydrogen) atoms. The largest absolute Gasteiger partial charge is 0.309 e. The normalized spacial score (nSPS) is 6.62. The molecule has 0 N–H and O–H groups in total. The topological polar surface area (TPSA) is 13.0 Å². The Bertz CT molecular complexity index is 320. The third-order valence-corrected chi connectivity index (χ3v) is 3.03. The molecule has 0 bridgehead atoms. The van der Waals surface area contributed by atoms with Crippen LogP contribution < -0.4 is 0 Å². The van der Waals surface area contributed by atoms with Crippen LogP contribution in [0.5, 0.6) is 0 Å². The van der Waals surface area contributed by atoms with E-state index in [4.69, 9.17) is 0 Å². The maximum atomic E-state index is 2.27. The molecule has 14 heteroatoms. The molecule has 0 spiro atoms. The van der Waals surface area contributed by atoms with E-state index in [-0.39, 0.29) is 377 Å². The second-order valence-corrected chi connectivity index (χ2v) is 11.2. The molecule has 0 amide bonds. The van der Waals surface area contributed by atoms with Crippen LogP contribution >= 0.6 is 0 Å². The summed E-state index contributed by atoms with van der Waals surface area (Å²) in [6.45, 7) is 61.4. The molecule has 0 saturated heterocycles. The van der Waals surface area contributed by atoms with Crippen LogP contribution in [0.25, 0.3) is 0 Å². The summed E-state index contributed by atoms with van der Waals surface area (Å²) >= 11 is 0. The fourth-order valence-corrected chi connectivity index (χ4v) is 2.71. The fraction of sp³-hybridized carbons (Fsp3) is 1.00. The van der Waals surface area contributed by atoms with Crippen molar-refractivity contribution in [3.8, 4) is 0 Å². The summed E-state index contributed by atoms with van der Waals surface area (Å²) in [5.74, 6) is 0. The van der Waals surface area contributed by atoms with Gasteiger partial charge < -0.3 is 9.80 Å². The van der Waals surface area contributed by atoms with Crippen LogP contribution in [-0.4, -0.2) is 95.7 Å². The first-order chi connectivity index (χ1) is 22.4. The molecule has 0 aliphatic heterocycles. The summed E-state index contributed by atoms with van der Waals surface area (Å²) in [4.78, 5) is 8.64. The van der Waals surface area contributed by atoms with E-state index in [1.165, 1.54) is 25.8 Å². The van der Waals surface area contributed by atoms with Crippen LogP contribution in [0.2, 0.25) is 0 Å². The van der Waals surface area contributed by atoms with Crippen molar-refractivity contribution in [3.63, 3.8) is 0 Å². The number of hydrogen-bond acceptors (Lipinski definition) is 4. The third kappa shape index (κ3) is 385. The molecule has 0 aromatic heterocycles. The summed E-state index contributed by atoms with van der Waals surface area (Å²) in [7, 11) is 16.6. The molecule has 0 rings (SSSR count). The van der Waals surface area contributed by atoms with Gasteiger partial charge in [0.25, 0.3) is 0 Å². The van der Waals surface area contributed by atoms with Crippen molar-refractivity contribution >= 4 is 0 Å². The van der Waals surface area contributed by atoms with E-state index >= 15 is 0 Å². The average Bonchev–Trinajstić information content (AvgIpc) is 3.05. The van der Waals surface area contributed by atoms with E-state index in [1.54, 1.807) is 0 Å². The quantitative estimate of drug-likeness (QED) is 0.246. The Hall–Kier alpha value is 12.4. The maximum absolute atomic E-state index is 2.27. The Morgan fingerprint density at radius 3 is 0.466 bits per heavy atom. The Morgan fingerprint density at radius 2 is 0.466 bits per heavy atom. The zero-order valence-corrected chi connectivity index (χ0v) is 53.6. The zero-order valence-electron chi connectivity index (χ0n) is 46.6. The first kappa shape index (κ1) is 157. The van der Waals surface area contributed by atoms with Crippen molar-refractivity contribution in [3.05, 3.63) is 0 Å². The van der Waals surface area contributed by atoms with Gasteiger partial charge in [-0.3, -0.25) is 9.80 Å². The molecule has 0 aliphatic rings. The summed E-state index contributed by atoms with van der Waals surface area (Å²) in [6.07, 6.45) is 3.91. The van der Waals surface area contributed by atoms with Gasteiger partial charge >= 0.3 is 0 Å². The van der Waals surface area contributed by atoms with Gasteiger partial charge in [-0.2, -0.15) is 0 Å². The van der Waals surface area contributed by atoms with Gasteiger partial charge in [-0.1, -0.05) is 200 Å². The maximum Gasteiger partial charge on any atom is 0.0495 e. The molecule has 396 valence electrons. The van der Waals surface area contributed by atoms with Gasteiger partial charge in [-0.15, -0.1) is 0 Å². The van der Waals surface area contributed by atoms with Gasteiger partial charge in [0.05, 0.1) is 0 Å². The Labute approximate surface area is 680 Å². The van der Waals surface area contributed by atoms with Gasteiger partial charge in [0, 0.05) is 391 Å². The fourth-order valence-electron chi connectivity index (χ4n) is 2.71. The predicted octanol–water partition coefficient (Wildman–Crippen LogP) is 15.7. The Morgan fingerprint density at radius 1 is 0.276 bits per heavy atom. The number of rotatable bonds is 6. The Balaban J connectivity index is -0.0000000100. The molecular weight excluding hydrogens is 984 g/mol. The minimum atomic E-state index is 0. The first-order valence-electron chi connectivity index (χ1n) is 21.0. The molecule has 4 nitrogen and oxygen atoms in total. The van der Waals surface area contributed by atoms with Crippen LogP contribution in [0.3, 0.4) is 0 Å². The van der Waals surface area contributed by atoms with E-state index in [2.05, 4.69) is 131 Å². The van der Waals surface area contributed by atoms with Crippen LogP contribution in [0, 0.1) is 388 Å². The van der Waals surface area contributed by atoms with Gasteiger partial charge in [0.1, 0.15) is 0 Å². The molecule has 0 aliphatic carbocycles. The molecule has 0 heterocycles. The summed E-state index contributed by atoms with van der Waals surface area (Å²) in [5, 5.41) is 0. The number of nitrogens with zero attached hydrogens (tertiary/aromatic N) is 4. The smallest absolute Gasteiger partial charge is 0.0495 e. The van der Waals surface area contributed by atoms with Crippen molar-refractivity contribution < 1.29 is 377 Å². The predicted molar refractivity (Wildman–Crippen MR) is 247 cm³/mol. The molecule has 0 aromatic carbocycles. The van der Waals surface area contributed by atoms with Crippen LogP contribution in [0.4, 0.5) is 0 Å². The second-order valence-electron chi connectivity index (χ2n) is 11.2. The molecular formula is C44H120Ar10N4. The van der Waals surface area contributed by atoms with Crippen LogP contribution in [-0.2, 0) is 0 Å². The van der Waals surface area contributed by atoms with Crippen molar-refractivity contribution in [2.45, 2.75) is 213 Å². The number of hydrogen-bond donors (Lipinski definition) is 0. The Kier molecular flexibility index (Phi) is 490. The van der Waals surface area contributed by atoms with E-state index in [0.717, 1.165) is 13.2 Å². The van der Waals surface area contributed by atoms with E-state index in [9.17, 15) is 0 Å². The van der Waals surface area contributed by atoms with Crippen molar-refractivity contribution in [2.24, 2.45) is 10.8 Å². The molecule has 0 atom stereocenters. The monoisotopic (exact) mass is 1100 g/mol. The van der Waals surface area contributed by atoms with Crippen LogP contribution in [0.1, 0.15) is 213 Å². The summed E-state index contributed by atoms with van der Waals surface area (Å²) in [6, 6.07) is 0. The minimum Gasteiger partial charge on any atom is -0.309 e. The van der Waals surface area contributed by atoms with Crippen molar-refractivity contribution in [1.29, 1.82) is 0 Å². The molecule has 0 saturated carbocycles. The minimum absolute atomic E-state index is 0. The van der Waals surface area contributed by atoms with Gasteiger partial charge in [0.15, 0.2) is 0 Å². The van der Waals surface area contributed by atoms with Gasteiger partial charge in [0.2, 0.25) is 0 Å². The third-order valence-electron chi connectivity index (χ3n) is 3.03. The molecule has 0 fully saturated rings. The summed E-state index contributed by atoms with van der Waals surface area (Å²) < 4.78 is 0. The van der Waals surface area contributed by atoms with E-state index in [1.807, 2.05) is 138 Å². The average molecular weight is 1100 g/mol. The zero-order chi connectivity index (χ0) is 43.6. The SMILES string of the molecule is CC.CC.CC.CC.CC.CC.CC.CC.CC.CC.CCCC(C)(C)C.CCCN(C)C.CN(C)CC(C)(C)C.CN(C)CN(C)C.[Ar].[Ar].[Ar].[Ar].[Ar].[Ar].[Ar].[Ar].[Ar].[Ar]. The standard InChI is InChI=1S/C7H17N.C7H16.C5H14N2.C5H13N.10C2H6.10Ar/c1-7(2,3)6-8(4)5;1-5-6-7(2,3)4;1-6(2)5-7(3)4;1-4-5-6(2)3;10*1-2;;;;;;;;;;/h6H2,1-5H3;5-6H2,1-4H3;5H2,1-4H3;4-5H2,1-3H3;10*1-2H3;;;;;;;;;;. The first-order valence-corrected chi connectivity index (χ1v) is 21.0. The van der Waals surface area contributed by atoms with Crippen LogP contribution in [0.15, 0.2) is 0 Å². The van der Waals surface area contributed by atoms with Crippen molar-refractivity contribution in [1.82, 2.24) is 19.6 Å².